The maximum atomic E-state index is 9.00. The summed E-state index contributed by atoms with van der Waals surface area (Å²) in [5, 5.41) is 8.89. The van der Waals surface area contributed by atoms with Crippen LogP contribution in [0.2, 0.25) is 0 Å². The van der Waals surface area contributed by atoms with Crippen LogP contribution in [-0.2, 0) is 25.0 Å². The van der Waals surface area contributed by atoms with Gasteiger partial charge in [0.2, 0.25) is 0 Å². The molecular formula is C2H4Na2O5S2. The SMILES string of the molecule is CC(=O)[O-].O=S([O-])(O)=S.[Na+].[Na+]. The predicted molar refractivity (Wildman–Crippen MR) is 29.6 cm³/mol. The molecule has 56 valence electrons. The summed E-state index contributed by atoms with van der Waals surface area (Å²) in [6.07, 6.45) is 0. The molecule has 0 aliphatic heterocycles. The Morgan fingerprint density at radius 2 is 1.55 bits per heavy atom. The van der Waals surface area contributed by atoms with Gasteiger partial charge in [0.25, 0.3) is 0 Å². The maximum Gasteiger partial charge on any atom is 1.00 e. The molecule has 0 bridgehead atoms. The van der Waals surface area contributed by atoms with Gasteiger partial charge in [-0.15, -0.1) is 0 Å². The summed E-state index contributed by atoms with van der Waals surface area (Å²) in [6, 6.07) is 0. The standard InChI is InChI=1S/C2H4O2.2Na.H2O3S2/c1-2(3)4;;;1-5(2,3)4/h1H3,(H,3,4);;;(H2,1,2,3,4)/q;2*+1;/p-2. The van der Waals surface area contributed by atoms with E-state index in [1.807, 2.05) is 0 Å². The Bertz CT molecular complexity index is 163. The van der Waals surface area contributed by atoms with E-state index >= 15 is 0 Å². The van der Waals surface area contributed by atoms with Crippen LogP contribution in [0.3, 0.4) is 0 Å². The summed E-state index contributed by atoms with van der Waals surface area (Å²) in [7, 11) is -4.08. The van der Waals surface area contributed by atoms with E-state index in [9.17, 15) is 0 Å². The van der Waals surface area contributed by atoms with Crippen molar-refractivity contribution in [1.29, 1.82) is 0 Å². The van der Waals surface area contributed by atoms with Crippen molar-refractivity contribution in [3.63, 3.8) is 0 Å². The topological polar surface area (TPSA) is 100 Å². The first-order valence-electron chi connectivity index (χ1n) is 1.59. The Morgan fingerprint density at radius 3 is 1.55 bits per heavy atom. The van der Waals surface area contributed by atoms with Crippen LogP contribution in [0.15, 0.2) is 0 Å². The zero-order valence-electron chi connectivity index (χ0n) is 6.40. The largest absolute Gasteiger partial charge is 1.00 e. The van der Waals surface area contributed by atoms with Gasteiger partial charge in [-0.3, -0.25) is 0 Å². The zero-order valence-corrected chi connectivity index (χ0v) is 12.0. The second-order valence-corrected chi connectivity index (χ2v) is 3.04. The molecule has 0 spiro atoms. The number of rotatable bonds is 0. The third-order valence-corrected chi connectivity index (χ3v) is 0. The summed E-state index contributed by atoms with van der Waals surface area (Å²) < 4.78 is 25.3. The van der Waals surface area contributed by atoms with Gasteiger partial charge >= 0.3 is 59.1 Å². The van der Waals surface area contributed by atoms with Crippen LogP contribution in [0.1, 0.15) is 6.92 Å². The van der Waals surface area contributed by atoms with Crippen molar-refractivity contribution in [2.24, 2.45) is 0 Å². The smallest absolute Gasteiger partial charge is 0.748 e. The molecule has 0 heterocycles. The summed E-state index contributed by atoms with van der Waals surface area (Å²) >= 11 is 3.35. The molecule has 0 radical (unpaired) electrons. The first-order chi connectivity index (χ1) is 3.73. The molecule has 0 saturated heterocycles. The average molecular weight is 218 g/mol. The van der Waals surface area contributed by atoms with E-state index in [1.54, 1.807) is 0 Å². The molecule has 0 fully saturated rings. The van der Waals surface area contributed by atoms with Crippen LogP contribution in [0, 0.1) is 0 Å². The Labute approximate surface area is 114 Å². The van der Waals surface area contributed by atoms with Crippen LogP contribution >= 0.6 is 0 Å². The van der Waals surface area contributed by atoms with Crippen molar-refractivity contribution >= 4 is 26.2 Å². The monoisotopic (exact) mass is 218 g/mol. The van der Waals surface area contributed by atoms with Crippen molar-refractivity contribution in [3.8, 4) is 0 Å². The fraction of sp³-hybridized carbons (Fsp3) is 0.500. The van der Waals surface area contributed by atoms with Crippen molar-refractivity contribution in [1.82, 2.24) is 0 Å². The number of hydrogen-bond donors (Lipinski definition) is 1. The molecule has 0 amide bonds. The number of hydrogen-bond acceptors (Lipinski definition) is 5. The molecule has 0 aliphatic carbocycles. The first kappa shape index (κ1) is 23.0. The fourth-order valence-electron chi connectivity index (χ4n) is 0. The Morgan fingerprint density at radius 1 is 1.55 bits per heavy atom. The Hall–Kier alpha value is 1.76. The summed E-state index contributed by atoms with van der Waals surface area (Å²) in [4.78, 5) is 8.89. The van der Waals surface area contributed by atoms with Gasteiger partial charge in [0, 0.05) is 5.97 Å². The normalized spacial score (nSPS) is 11.9. The average Bonchev–Trinajstić information content (AvgIpc) is 1.19. The number of carboxylic acid groups (broad SMARTS) is 1. The van der Waals surface area contributed by atoms with Crippen LogP contribution in [0.5, 0.6) is 0 Å². The third-order valence-electron chi connectivity index (χ3n) is 0. The van der Waals surface area contributed by atoms with Gasteiger partial charge in [-0.1, -0.05) is 0 Å². The van der Waals surface area contributed by atoms with Gasteiger partial charge in [-0.2, -0.15) is 0 Å². The molecule has 0 aromatic rings. The minimum Gasteiger partial charge on any atom is -0.748 e. The Balaban J connectivity index is -0.0000000383. The van der Waals surface area contributed by atoms with Crippen LogP contribution in [-0.4, -0.2) is 19.3 Å². The molecule has 0 aromatic heterocycles. The van der Waals surface area contributed by atoms with Gasteiger partial charge in [-0.25, -0.2) is 4.21 Å². The number of aliphatic carboxylic acids is 1. The number of carboxylic acids is 1. The van der Waals surface area contributed by atoms with E-state index in [0.29, 0.717) is 0 Å². The zero-order chi connectivity index (χ0) is 8.08. The second-order valence-electron chi connectivity index (χ2n) is 0.919. The molecule has 1 N–H and O–H groups in total. The fourth-order valence-corrected chi connectivity index (χ4v) is 0. The maximum absolute atomic E-state index is 9.00. The van der Waals surface area contributed by atoms with E-state index in [1.165, 1.54) is 0 Å². The molecule has 1 unspecified atom stereocenters. The molecule has 5 nitrogen and oxygen atoms in total. The summed E-state index contributed by atoms with van der Waals surface area (Å²) in [5.74, 6) is -1.08. The molecule has 1 atom stereocenters. The van der Waals surface area contributed by atoms with Gasteiger partial charge in [0.1, 0.15) is 0 Å². The van der Waals surface area contributed by atoms with E-state index in [2.05, 4.69) is 11.2 Å². The Kier molecular flexibility index (Phi) is 24.6. The van der Waals surface area contributed by atoms with Gasteiger partial charge in [0.05, 0.1) is 9.05 Å². The van der Waals surface area contributed by atoms with Crippen molar-refractivity contribution in [2.45, 2.75) is 6.92 Å². The van der Waals surface area contributed by atoms with Crippen LogP contribution in [0.4, 0.5) is 0 Å². The number of carbonyl (C=O) groups excluding carboxylic acids is 1. The van der Waals surface area contributed by atoms with Crippen molar-refractivity contribution in [2.75, 3.05) is 0 Å². The molecule has 0 aliphatic rings. The molecular weight excluding hydrogens is 214 g/mol. The molecule has 11 heavy (non-hydrogen) atoms. The summed E-state index contributed by atoms with van der Waals surface area (Å²) in [5.41, 5.74) is 0. The van der Waals surface area contributed by atoms with Crippen LogP contribution in [0.25, 0.3) is 0 Å². The van der Waals surface area contributed by atoms with E-state index in [-0.39, 0.29) is 59.1 Å². The molecule has 0 saturated carbocycles. The van der Waals surface area contributed by atoms with Gasteiger partial charge in [-0.05, 0) is 18.1 Å². The quantitative estimate of drug-likeness (QED) is 0.405. The third kappa shape index (κ3) is 362. The van der Waals surface area contributed by atoms with Crippen molar-refractivity contribution in [3.05, 3.63) is 0 Å². The van der Waals surface area contributed by atoms with E-state index in [0.717, 1.165) is 6.92 Å². The van der Waals surface area contributed by atoms with E-state index < -0.39 is 15.0 Å². The van der Waals surface area contributed by atoms with E-state index in [4.69, 9.17) is 23.2 Å². The van der Waals surface area contributed by atoms with Crippen LogP contribution < -0.4 is 64.2 Å². The van der Waals surface area contributed by atoms with Crippen molar-refractivity contribution < 1.29 is 82.3 Å². The molecule has 0 rings (SSSR count). The van der Waals surface area contributed by atoms with Gasteiger partial charge in [0.15, 0.2) is 0 Å². The second kappa shape index (κ2) is 11.8. The predicted octanol–water partition coefficient (Wildman–Crippen LogP) is -7.90. The minimum absolute atomic E-state index is 0. The molecule has 0 aromatic carbocycles. The van der Waals surface area contributed by atoms with Gasteiger partial charge < -0.3 is 19.0 Å². The summed E-state index contributed by atoms with van der Waals surface area (Å²) in [6.45, 7) is 0.972. The first-order valence-corrected chi connectivity index (χ1v) is 3.96. The minimum atomic E-state index is -4.08. The molecule has 9 heteroatoms. The number of carbonyl (C=O) groups is 1.